The molecule has 2 aromatic carbocycles. The third-order valence-corrected chi connectivity index (χ3v) is 7.39. The van der Waals surface area contributed by atoms with E-state index in [0.717, 1.165) is 59.0 Å². The Hall–Kier alpha value is -3.71. The number of hydrogen-bond acceptors (Lipinski definition) is 4. The quantitative estimate of drug-likeness (QED) is 0.308. The molecule has 0 radical (unpaired) electrons. The number of primary amides is 1. The topological polar surface area (TPSA) is 112 Å². The van der Waals surface area contributed by atoms with Crippen LogP contribution in [-0.4, -0.2) is 32.4 Å². The van der Waals surface area contributed by atoms with Crippen LogP contribution < -0.4 is 11.1 Å². The van der Waals surface area contributed by atoms with Gasteiger partial charge in [0.2, 0.25) is 0 Å². The first-order valence-corrected chi connectivity index (χ1v) is 12.5. The summed E-state index contributed by atoms with van der Waals surface area (Å²) in [6, 6.07) is 16.8. The number of benzene rings is 2. The van der Waals surface area contributed by atoms with Crippen LogP contribution in [0.2, 0.25) is 0 Å². The van der Waals surface area contributed by atoms with Crippen molar-refractivity contribution in [2.75, 3.05) is 6.54 Å². The van der Waals surface area contributed by atoms with Crippen LogP contribution in [0.3, 0.4) is 0 Å². The lowest BCUT2D eigenvalue weighted by molar-refractivity contribution is 0.0996. The summed E-state index contributed by atoms with van der Waals surface area (Å²) >= 11 is 0. The number of nitrogens with two attached hydrogens (primary N) is 1. The van der Waals surface area contributed by atoms with Gasteiger partial charge >= 0.3 is 0 Å². The molecule has 6 rings (SSSR count). The van der Waals surface area contributed by atoms with E-state index in [4.69, 9.17) is 5.73 Å². The first-order chi connectivity index (χ1) is 17.2. The summed E-state index contributed by atoms with van der Waals surface area (Å²) in [6.07, 6.45) is 9.13. The Morgan fingerprint density at radius 2 is 1.46 bits per heavy atom. The number of nitrogens with one attached hydrogen (secondary N) is 3. The van der Waals surface area contributed by atoms with Crippen LogP contribution in [0.1, 0.15) is 72.6 Å². The maximum atomic E-state index is 12.0. The van der Waals surface area contributed by atoms with Gasteiger partial charge in [0.15, 0.2) is 5.69 Å². The number of imidazole rings is 2. The van der Waals surface area contributed by atoms with Gasteiger partial charge in [0.25, 0.3) is 5.91 Å². The summed E-state index contributed by atoms with van der Waals surface area (Å²) in [4.78, 5) is 28.1. The van der Waals surface area contributed by atoms with Crippen molar-refractivity contribution in [3.05, 3.63) is 72.1 Å². The molecule has 0 unspecified atom stereocenters. The Kier molecular flexibility index (Phi) is 5.70. The van der Waals surface area contributed by atoms with Crippen LogP contribution in [0.4, 0.5) is 0 Å². The molecule has 1 atom stereocenters. The van der Waals surface area contributed by atoms with E-state index < -0.39 is 5.91 Å². The van der Waals surface area contributed by atoms with Gasteiger partial charge < -0.3 is 21.0 Å². The van der Waals surface area contributed by atoms with Crippen molar-refractivity contribution in [1.29, 1.82) is 0 Å². The van der Waals surface area contributed by atoms with E-state index in [-0.39, 0.29) is 6.04 Å². The SMILES string of the molecule is NC(=O)c1nc([C@@H]2CCCN2)[nH]c1-c1ccc(-c2ccc(-c3cnc(C4CCCC4)[nH]3)cc2)cc1. The predicted molar refractivity (Wildman–Crippen MR) is 137 cm³/mol. The highest BCUT2D eigenvalue weighted by Crippen LogP contribution is 2.34. The molecule has 1 saturated carbocycles. The zero-order valence-electron chi connectivity index (χ0n) is 19.7. The Morgan fingerprint density at radius 1 is 0.800 bits per heavy atom. The Bertz CT molecular complexity index is 1320. The van der Waals surface area contributed by atoms with Gasteiger partial charge in [-0.05, 0) is 48.9 Å². The minimum atomic E-state index is -0.518. The molecule has 2 fully saturated rings. The fourth-order valence-corrected chi connectivity index (χ4v) is 5.42. The molecule has 5 N–H and O–H groups in total. The second-order valence-corrected chi connectivity index (χ2v) is 9.68. The van der Waals surface area contributed by atoms with Gasteiger partial charge in [-0.25, -0.2) is 9.97 Å². The number of H-pyrrole nitrogens is 2. The van der Waals surface area contributed by atoms with Crippen LogP contribution >= 0.6 is 0 Å². The molecule has 1 saturated heterocycles. The van der Waals surface area contributed by atoms with Crippen molar-refractivity contribution in [1.82, 2.24) is 25.3 Å². The normalized spacial score (nSPS) is 18.3. The summed E-state index contributed by atoms with van der Waals surface area (Å²) in [5.41, 5.74) is 11.9. The fourth-order valence-electron chi connectivity index (χ4n) is 5.42. The first kappa shape index (κ1) is 21.8. The number of aromatic nitrogens is 4. The van der Waals surface area contributed by atoms with Crippen molar-refractivity contribution < 1.29 is 4.79 Å². The maximum absolute atomic E-state index is 12.0. The van der Waals surface area contributed by atoms with Crippen molar-refractivity contribution in [3.8, 4) is 33.6 Å². The van der Waals surface area contributed by atoms with Gasteiger partial charge in [0, 0.05) is 11.5 Å². The van der Waals surface area contributed by atoms with Crippen molar-refractivity contribution in [3.63, 3.8) is 0 Å². The highest BCUT2D eigenvalue weighted by Gasteiger charge is 2.24. The van der Waals surface area contributed by atoms with Crippen LogP contribution in [-0.2, 0) is 0 Å². The van der Waals surface area contributed by atoms with Crippen molar-refractivity contribution >= 4 is 5.91 Å². The molecule has 7 heteroatoms. The number of aromatic amines is 2. The van der Waals surface area contributed by atoms with E-state index >= 15 is 0 Å². The van der Waals surface area contributed by atoms with Crippen molar-refractivity contribution in [2.45, 2.75) is 50.5 Å². The van der Waals surface area contributed by atoms with E-state index in [9.17, 15) is 4.79 Å². The molecule has 4 aromatic rings. The largest absolute Gasteiger partial charge is 0.364 e. The molecule has 2 aromatic heterocycles. The molecule has 2 aliphatic rings. The third-order valence-electron chi connectivity index (χ3n) is 7.39. The summed E-state index contributed by atoms with van der Waals surface area (Å²) in [5.74, 6) is 1.96. The number of hydrogen-bond donors (Lipinski definition) is 4. The molecule has 0 spiro atoms. The number of amides is 1. The molecule has 1 amide bonds. The molecule has 0 bridgehead atoms. The Labute approximate surface area is 204 Å². The Balaban J connectivity index is 1.22. The molecular weight excluding hydrogens is 436 g/mol. The Morgan fingerprint density at radius 3 is 2.09 bits per heavy atom. The van der Waals surface area contributed by atoms with Gasteiger partial charge in [0.1, 0.15) is 11.6 Å². The number of carbonyl (C=O) groups excluding carboxylic acids is 1. The lowest BCUT2D eigenvalue weighted by Gasteiger charge is -2.07. The third kappa shape index (κ3) is 4.28. The predicted octanol–water partition coefficient (Wildman–Crippen LogP) is 5.31. The average Bonchev–Trinajstić information content (AvgIpc) is 3.70. The molecular formula is C28H30N6O. The molecule has 7 nitrogen and oxygen atoms in total. The second-order valence-electron chi connectivity index (χ2n) is 9.68. The summed E-state index contributed by atoms with van der Waals surface area (Å²) < 4.78 is 0. The van der Waals surface area contributed by atoms with E-state index in [0.29, 0.717) is 17.3 Å². The lowest BCUT2D eigenvalue weighted by Crippen LogP contribution is -2.15. The highest BCUT2D eigenvalue weighted by molar-refractivity contribution is 5.97. The number of rotatable bonds is 6. The standard InChI is InChI=1S/C28H30N6O/c29-26(35)25-24(33-28(34-25)22-6-3-15-30-22)20-13-9-18(10-14-20)17-7-11-19(12-8-17)23-16-31-27(32-23)21-4-1-2-5-21/h7-14,16,21-22,30H,1-6,15H2,(H2,29,35)(H,31,32)(H,33,34)/t22-/m0/s1. The van der Waals surface area contributed by atoms with E-state index in [1.807, 2.05) is 18.3 Å². The minimum Gasteiger partial charge on any atom is -0.364 e. The smallest absolute Gasteiger partial charge is 0.269 e. The molecule has 1 aliphatic carbocycles. The van der Waals surface area contributed by atoms with Gasteiger partial charge in [-0.3, -0.25) is 4.79 Å². The molecule has 35 heavy (non-hydrogen) atoms. The maximum Gasteiger partial charge on any atom is 0.269 e. The second kappa shape index (κ2) is 9.15. The highest BCUT2D eigenvalue weighted by atomic mass is 16.1. The summed E-state index contributed by atoms with van der Waals surface area (Å²) in [6.45, 7) is 0.960. The monoisotopic (exact) mass is 466 g/mol. The van der Waals surface area contributed by atoms with Crippen molar-refractivity contribution in [2.24, 2.45) is 5.73 Å². The van der Waals surface area contributed by atoms with Crippen LogP contribution in [0, 0.1) is 0 Å². The van der Waals surface area contributed by atoms with Crippen LogP contribution in [0.5, 0.6) is 0 Å². The first-order valence-electron chi connectivity index (χ1n) is 12.5. The minimum absolute atomic E-state index is 0.142. The van der Waals surface area contributed by atoms with Crippen LogP contribution in [0.15, 0.2) is 54.7 Å². The van der Waals surface area contributed by atoms with Gasteiger partial charge in [-0.2, -0.15) is 0 Å². The van der Waals surface area contributed by atoms with E-state index in [2.05, 4.69) is 61.7 Å². The number of nitrogens with zero attached hydrogens (tertiary/aromatic N) is 2. The summed E-state index contributed by atoms with van der Waals surface area (Å²) in [5, 5.41) is 3.41. The summed E-state index contributed by atoms with van der Waals surface area (Å²) in [7, 11) is 0. The average molecular weight is 467 g/mol. The molecule has 1 aliphatic heterocycles. The molecule has 3 heterocycles. The number of carbonyl (C=O) groups is 1. The lowest BCUT2D eigenvalue weighted by atomic mass is 10.0. The zero-order valence-corrected chi connectivity index (χ0v) is 19.7. The fraction of sp³-hybridized carbons (Fsp3) is 0.321. The molecule has 178 valence electrons. The van der Waals surface area contributed by atoms with Crippen LogP contribution in [0.25, 0.3) is 33.6 Å². The van der Waals surface area contributed by atoms with E-state index in [1.54, 1.807) is 0 Å². The van der Waals surface area contributed by atoms with E-state index in [1.165, 1.54) is 25.7 Å². The van der Waals surface area contributed by atoms with Gasteiger partial charge in [-0.1, -0.05) is 61.4 Å². The van der Waals surface area contributed by atoms with Gasteiger partial charge in [0.05, 0.1) is 23.6 Å². The van der Waals surface area contributed by atoms with Gasteiger partial charge in [-0.15, -0.1) is 0 Å². The zero-order chi connectivity index (χ0) is 23.8.